The van der Waals surface area contributed by atoms with Crippen LogP contribution >= 0.6 is 11.6 Å². The van der Waals surface area contributed by atoms with Crippen molar-refractivity contribution >= 4 is 23.3 Å². The topological polar surface area (TPSA) is 65.5 Å². The Hall–Kier alpha value is -1.33. The fourth-order valence-electron chi connectivity index (χ4n) is 2.39. The van der Waals surface area contributed by atoms with E-state index in [4.69, 9.17) is 11.6 Å². The van der Waals surface area contributed by atoms with Crippen LogP contribution in [0.25, 0.3) is 0 Å². The van der Waals surface area contributed by atoms with E-state index >= 15 is 0 Å². The van der Waals surface area contributed by atoms with Crippen LogP contribution in [-0.2, 0) is 0 Å². The van der Waals surface area contributed by atoms with Crippen molar-refractivity contribution in [3.63, 3.8) is 0 Å². The number of aliphatic hydroxyl groups is 1. The highest BCUT2D eigenvalue weighted by Crippen LogP contribution is 2.24. The van der Waals surface area contributed by atoms with Gasteiger partial charge in [0.25, 0.3) is 5.91 Å². The molecule has 1 aliphatic heterocycles. The third-order valence-electron chi connectivity index (χ3n) is 3.68. The first kappa shape index (κ1) is 15.1. The molecule has 20 heavy (non-hydrogen) atoms. The van der Waals surface area contributed by atoms with Gasteiger partial charge in [-0.05, 0) is 32.3 Å². The number of carbonyl (C=O) groups excluding carboxylic acids is 1. The summed E-state index contributed by atoms with van der Waals surface area (Å²) in [6.07, 6.45) is 3.64. The molecule has 110 valence electrons. The molecule has 1 saturated heterocycles. The third kappa shape index (κ3) is 3.41. The first-order valence-electron chi connectivity index (χ1n) is 6.78. The molecule has 5 nitrogen and oxygen atoms in total. The molecule has 0 radical (unpaired) electrons. The second-order valence-corrected chi connectivity index (χ2v) is 5.85. The minimum Gasteiger partial charge on any atom is -0.390 e. The molecule has 6 heteroatoms. The molecule has 2 rings (SSSR count). The molecule has 1 atom stereocenters. The Kier molecular flexibility index (Phi) is 4.50. The Labute approximate surface area is 123 Å². The minimum absolute atomic E-state index is 0.0836. The number of carbonyl (C=O) groups is 1. The number of anilines is 1. The highest BCUT2D eigenvalue weighted by atomic mass is 35.5. The van der Waals surface area contributed by atoms with Crippen molar-refractivity contribution in [2.45, 2.75) is 31.8 Å². The van der Waals surface area contributed by atoms with Crippen LogP contribution in [0.5, 0.6) is 0 Å². The summed E-state index contributed by atoms with van der Waals surface area (Å²) in [6.45, 7) is 3.03. The van der Waals surface area contributed by atoms with Crippen LogP contribution in [0.1, 0.15) is 36.5 Å². The largest absolute Gasteiger partial charge is 0.390 e. The Morgan fingerprint density at radius 2 is 2.25 bits per heavy atom. The first-order chi connectivity index (χ1) is 9.43. The van der Waals surface area contributed by atoms with Gasteiger partial charge in [-0.2, -0.15) is 0 Å². The lowest BCUT2D eigenvalue weighted by Gasteiger charge is -2.22. The van der Waals surface area contributed by atoms with Gasteiger partial charge in [0.1, 0.15) is 5.82 Å². The van der Waals surface area contributed by atoms with Crippen LogP contribution in [0.3, 0.4) is 0 Å². The van der Waals surface area contributed by atoms with Crippen LogP contribution in [0.15, 0.2) is 12.3 Å². The van der Waals surface area contributed by atoms with Crippen LogP contribution < -0.4 is 5.32 Å². The van der Waals surface area contributed by atoms with Crippen LogP contribution in [-0.4, -0.2) is 46.6 Å². The predicted molar refractivity (Wildman–Crippen MR) is 79.2 cm³/mol. The number of halogens is 1. The van der Waals surface area contributed by atoms with E-state index in [1.54, 1.807) is 18.0 Å². The molecule has 0 bridgehead atoms. The van der Waals surface area contributed by atoms with Gasteiger partial charge >= 0.3 is 0 Å². The molecule has 1 unspecified atom stereocenters. The average Bonchev–Trinajstić information content (AvgIpc) is 2.59. The summed E-state index contributed by atoms with van der Waals surface area (Å²) in [6, 6.07) is 1.63. The molecule has 0 aromatic carbocycles. The molecule has 0 spiro atoms. The fourth-order valence-corrected chi connectivity index (χ4v) is 2.65. The predicted octanol–water partition coefficient (Wildman–Crippen LogP) is 2.15. The number of aromatic nitrogens is 1. The lowest BCUT2D eigenvalue weighted by atomic mass is 9.98. The summed E-state index contributed by atoms with van der Waals surface area (Å²) in [5.74, 6) is 0.474. The monoisotopic (exact) mass is 297 g/mol. The molecule has 1 amide bonds. The Morgan fingerprint density at radius 1 is 1.50 bits per heavy atom. The lowest BCUT2D eigenvalue weighted by molar-refractivity contribution is 0.0438. The van der Waals surface area contributed by atoms with E-state index in [-0.39, 0.29) is 5.91 Å². The molecule has 1 fully saturated rings. The van der Waals surface area contributed by atoms with E-state index in [0.29, 0.717) is 42.3 Å². The van der Waals surface area contributed by atoms with Gasteiger partial charge in [0.15, 0.2) is 0 Å². The van der Waals surface area contributed by atoms with Gasteiger partial charge in [0.05, 0.1) is 16.2 Å². The first-order valence-corrected chi connectivity index (χ1v) is 7.16. The quantitative estimate of drug-likeness (QED) is 0.878. The van der Waals surface area contributed by atoms with Crippen LogP contribution in [0.4, 0.5) is 5.82 Å². The highest BCUT2D eigenvalue weighted by Gasteiger charge is 2.27. The number of pyridine rings is 1. The van der Waals surface area contributed by atoms with Gasteiger partial charge in [-0.1, -0.05) is 11.6 Å². The lowest BCUT2D eigenvalue weighted by Crippen LogP contribution is -2.33. The van der Waals surface area contributed by atoms with Crippen molar-refractivity contribution in [1.29, 1.82) is 0 Å². The molecule has 1 aliphatic rings. The molecular formula is C14H20ClN3O2. The summed E-state index contributed by atoms with van der Waals surface area (Å²) in [5.41, 5.74) is -0.198. The number of rotatable bonds is 2. The van der Waals surface area contributed by atoms with Crippen molar-refractivity contribution in [2.24, 2.45) is 0 Å². The van der Waals surface area contributed by atoms with Crippen molar-refractivity contribution in [2.75, 3.05) is 25.5 Å². The van der Waals surface area contributed by atoms with E-state index < -0.39 is 5.60 Å². The summed E-state index contributed by atoms with van der Waals surface area (Å²) in [4.78, 5) is 18.3. The van der Waals surface area contributed by atoms with E-state index in [9.17, 15) is 9.90 Å². The highest BCUT2D eigenvalue weighted by molar-refractivity contribution is 6.33. The number of amides is 1. The minimum atomic E-state index is -0.680. The van der Waals surface area contributed by atoms with Gasteiger partial charge in [-0.3, -0.25) is 4.79 Å². The molecular weight excluding hydrogens is 278 g/mol. The third-order valence-corrected chi connectivity index (χ3v) is 3.96. The maximum atomic E-state index is 12.4. The molecule has 1 aromatic rings. The summed E-state index contributed by atoms with van der Waals surface area (Å²) in [7, 11) is 1.73. The van der Waals surface area contributed by atoms with Crippen molar-refractivity contribution in [3.8, 4) is 0 Å². The summed E-state index contributed by atoms with van der Waals surface area (Å²) in [5, 5.41) is 13.3. The zero-order valence-electron chi connectivity index (χ0n) is 11.8. The van der Waals surface area contributed by atoms with Crippen LogP contribution in [0.2, 0.25) is 5.02 Å². The maximum absolute atomic E-state index is 12.4. The van der Waals surface area contributed by atoms with E-state index in [0.717, 1.165) is 6.42 Å². The summed E-state index contributed by atoms with van der Waals surface area (Å²) >= 11 is 6.05. The molecule has 0 saturated carbocycles. The van der Waals surface area contributed by atoms with Crippen molar-refractivity contribution in [3.05, 3.63) is 22.8 Å². The van der Waals surface area contributed by atoms with E-state index in [2.05, 4.69) is 10.3 Å². The fraction of sp³-hybridized carbons (Fsp3) is 0.571. The molecule has 2 N–H and O–H groups in total. The molecule has 1 aromatic heterocycles. The standard InChI is InChI=1S/C14H20ClN3O2/c1-14(20)4-3-6-18(7-5-14)13(19)10-8-11(15)12(16-2)17-9-10/h8-9,20H,3-7H2,1-2H3,(H,16,17). The Bertz CT molecular complexity index is 505. The number of hydrogen-bond donors (Lipinski definition) is 2. The zero-order chi connectivity index (χ0) is 14.8. The Morgan fingerprint density at radius 3 is 2.90 bits per heavy atom. The van der Waals surface area contributed by atoms with Gasteiger partial charge in [-0.25, -0.2) is 4.98 Å². The van der Waals surface area contributed by atoms with E-state index in [1.807, 2.05) is 6.92 Å². The zero-order valence-corrected chi connectivity index (χ0v) is 12.6. The van der Waals surface area contributed by atoms with Crippen molar-refractivity contribution in [1.82, 2.24) is 9.88 Å². The number of nitrogens with one attached hydrogen (secondary N) is 1. The number of hydrogen-bond acceptors (Lipinski definition) is 4. The second kappa shape index (κ2) is 5.97. The SMILES string of the molecule is CNc1ncc(C(=O)N2CCCC(C)(O)CC2)cc1Cl. The van der Waals surface area contributed by atoms with Crippen LogP contribution in [0, 0.1) is 0 Å². The summed E-state index contributed by atoms with van der Waals surface area (Å²) < 4.78 is 0. The number of likely N-dealkylation sites (tertiary alicyclic amines) is 1. The molecule has 0 aliphatic carbocycles. The second-order valence-electron chi connectivity index (χ2n) is 5.45. The van der Waals surface area contributed by atoms with E-state index in [1.165, 1.54) is 6.20 Å². The van der Waals surface area contributed by atoms with Gasteiger partial charge in [0, 0.05) is 26.3 Å². The molecule has 2 heterocycles. The Balaban J connectivity index is 2.13. The average molecular weight is 298 g/mol. The van der Waals surface area contributed by atoms with Crippen molar-refractivity contribution < 1.29 is 9.90 Å². The smallest absolute Gasteiger partial charge is 0.255 e. The van der Waals surface area contributed by atoms with Gasteiger partial charge < -0.3 is 15.3 Å². The van der Waals surface area contributed by atoms with Gasteiger partial charge in [-0.15, -0.1) is 0 Å². The normalized spacial score (nSPS) is 23.3. The number of nitrogens with zero attached hydrogens (tertiary/aromatic N) is 2. The van der Waals surface area contributed by atoms with Gasteiger partial charge in [0.2, 0.25) is 0 Å². The maximum Gasteiger partial charge on any atom is 0.255 e.